The van der Waals surface area contributed by atoms with Crippen LogP contribution >= 0.6 is 0 Å². The van der Waals surface area contributed by atoms with Crippen LogP contribution in [0.25, 0.3) is 0 Å². The summed E-state index contributed by atoms with van der Waals surface area (Å²) >= 11 is 0. The fourth-order valence-electron chi connectivity index (χ4n) is 4.23. The Morgan fingerprint density at radius 1 is 1.11 bits per heavy atom. The van der Waals surface area contributed by atoms with E-state index in [-0.39, 0.29) is 0 Å². The number of hydrogen-bond donors (Lipinski definition) is 1. The highest BCUT2D eigenvalue weighted by molar-refractivity contribution is 4.86. The number of nitrogens with one attached hydrogen (secondary N) is 1. The number of rotatable bonds is 5. The van der Waals surface area contributed by atoms with E-state index in [0.29, 0.717) is 23.7 Å². The molecule has 2 saturated carbocycles. The van der Waals surface area contributed by atoms with Gasteiger partial charge in [-0.1, -0.05) is 27.7 Å². The van der Waals surface area contributed by atoms with Gasteiger partial charge in [0.05, 0.1) is 12.2 Å². The molecular weight excluding hydrogens is 234 g/mol. The quantitative estimate of drug-likeness (QED) is 0.808. The minimum Gasteiger partial charge on any atom is -0.375 e. The van der Waals surface area contributed by atoms with E-state index in [9.17, 15) is 0 Å². The molecule has 0 bridgehead atoms. The van der Waals surface area contributed by atoms with E-state index in [1.807, 2.05) is 0 Å². The highest BCUT2D eigenvalue weighted by atomic mass is 16.5. The molecule has 1 N–H and O–H groups in total. The second-order valence-electron chi connectivity index (χ2n) is 7.76. The first-order chi connectivity index (χ1) is 8.98. The summed E-state index contributed by atoms with van der Waals surface area (Å²) in [6, 6.07) is 0.707. The van der Waals surface area contributed by atoms with Crippen molar-refractivity contribution >= 4 is 0 Å². The molecule has 0 radical (unpaired) electrons. The Hall–Kier alpha value is -0.0800. The van der Waals surface area contributed by atoms with Crippen LogP contribution < -0.4 is 5.32 Å². The van der Waals surface area contributed by atoms with Gasteiger partial charge in [0.2, 0.25) is 0 Å². The Morgan fingerprint density at radius 2 is 1.89 bits per heavy atom. The summed E-state index contributed by atoms with van der Waals surface area (Å²) in [6.07, 6.45) is 9.92. The van der Waals surface area contributed by atoms with Gasteiger partial charge in [0.25, 0.3) is 0 Å². The fourth-order valence-corrected chi connectivity index (χ4v) is 4.23. The van der Waals surface area contributed by atoms with E-state index in [4.69, 9.17) is 4.74 Å². The van der Waals surface area contributed by atoms with Crippen molar-refractivity contribution in [1.82, 2.24) is 5.32 Å². The topological polar surface area (TPSA) is 21.3 Å². The molecule has 0 aromatic carbocycles. The minimum absolute atomic E-state index is 0.473. The first kappa shape index (κ1) is 15.3. The average Bonchev–Trinajstić information content (AvgIpc) is 2.71. The molecule has 0 aromatic heterocycles. The van der Waals surface area contributed by atoms with Gasteiger partial charge in [0.15, 0.2) is 0 Å². The molecule has 0 aliphatic heterocycles. The second kappa shape index (κ2) is 6.58. The van der Waals surface area contributed by atoms with Crippen molar-refractivity contribution in [3.63, 3.8) is 0 Å². The molecule has 4 unspecified atom stereocenters. The second-order valence-corrected chi connectivity index (χ2v) is 7.76. The van der Waals surface area contributed by atoms with Gasteiger partial charge in [0.1, 0.15) is 0 Å². The lowest BCUT2D eigenvalue weighted by atomic mass is 9.71. The van der Waals surface area contributed by atoms with E-state index in [2.05, 4.69) is 33.0 Å². The maximum Gasteiger partial charge on any atom is 0.0594 e. The Bertz CT molecular complexity index is 276. The summed E-state index contributed by atoms with van der Waals surface area (Å²) in [4.78, 5) is 0. The van der Waals surface area contributed by atoms with Crippen molar-refractivity contribution < 1.29 is 4.74 Å². The van der Waals surface area contributed by atoms with Crippen LogP contribution in [0.3, 0.4) is 0 Å². The van der Waals surface area contributed by atoms with Gasteiger partial charge in [-0.3, -0.25) is 0 Å². The van der Waals surface area contributed by atoms with Crippen molar-refractivity contribution in [3.05, 3.63) is 0 Å². The van der Waals surface area contributed by atoms with Gasteiger partial charge in [-0.15, -0.1) is 0 Å². The Labute approximate surface area is 119 Å². The van der Waals surface area contributed by atoms with Crippen molar-refractivity contribution in [1.29, 1.82) is 0 Å². The summed E-state index contributed by atoms with van der Waals surface area (Å²) in [7, 11) is 0. The first-order valence-corrected chi connectivity index (χ1v) is 8.37. The summed E-state index contributed by atoms with van der Waals surface area (Å²) in [5.74, 6) is 0.823. The van der Waals surface area contributed by atoms with Gasteiger partial charge >= 0.3 is 0 Å². The number of ether oxygens (including phenoxy) is 1. The van der Waals surface area contributed by atoms with Gasteiger partial charge in [-0.2, -0.15) is 0 Å². The molecular formula is C17H33NO. The molecule has 2 fully saturated rings. The first-order valence-electron chi connectivity index (χ1n) is 8.37. The van der Waals surface area contributed by atoms with E-state index in [1.54, 1.807) is 0 Å². The SMILES string of the molecule is CCCNC1CCC(OC2CC(C)CC(C)(C)C2)C1. The molecule has 112 valence electrons. The minimum atomic E-state index is 0.473. The van der Waals surface area contributed by atoms with Gasteiger partial charge in [0, 0.05) is 6.04 Å². The van der Waals surface area contributed by atoms with Crippen LogP contribution in [0.15, 0.2) is 0 Å². The predicted molar refractivity (Wildman–Crippen MR) is 81.4 cm³/mol. The van der Waals surface area contributed by atoms with Crippen molar-refractivity contribution in [2.24, 2.45) is 11.3 Å². The van der Waals surface area contributed by atoms with Gasteiger partial charge in [-0.05, 0) is 62.8 Å². The third kappa shape index (κ3) is 4.75. The largest absolute Gasteiger partial charge is 0.375 e. The third-order valence-electron chi connectivity index (χ3n) is 4.80. The molecule has 2 nitrogen and oxygen atoms in total. The van der Waals surface area contributed by atoms with Crippen LogP contribution in [0.5, 0.6) is 0 Å². The average molecular weight is 267 g/mol. The lowest BCUT2D eigenvalue weighted by Gasteiger charge is -2.39. The van der Waals surface area contributed by atoms with E-state index < -0.39 is 0 Å². The zero-order valence-corrected chi connectivity index (χ0v) is 13.4. The maximum atomic E-state index is 6.43. The molecule has 2 rings (SSSR count). The van der Waals surface area contributed by atoms with Crippen LogP contribution in [-0.4, -0.2) is 24.8 Å². The van der Waals surface area contributed by atoms with E-state index in [1.165, 1.54) is 44.9 Å². The summed E-state index contributed by atoms with van der Waals surface area (Å²) in [5, 5.41) is 3.64. The van der Waals surface area contributed by atoms with Crippen LogP contribution in [0.2, 0.25) is 0 Å². The lowest BCUT2D eigenvalue weighted by Crippen LogP contribution is -2.35. The Morgan fingerprint density at radius 3 is 2.58 bits per heavy atom. The van der Waals surface area contributed by atoms with E-state index in [0.717, 1.165) is 12.5 Å². The molecule has 4 atom stereocenters. The molecule has 2 aliphatic rings. The zero-order valence-electron chi connectivity index (χ0n) is 13.4. The van der Waals surface area contributed by atoms with Gasteiger partial charge < -0.3 is 10.1 Å². The molecule has 19 heavy (non-hydrogen) atoms. The molecule has 0 saturated heterocycles. The molecule has 2 heteroatoms. The molecule has 0 amide bonds. The van der Waals surface area contributed by atoms with Crippen LogP contribution in [-0.2, 0) is 4.74 Å². The van der Waals surface area contributed by atoms with Crippen LogP contribution in [0.4, 0.5) is 0 Å². The summed E-state index contributed by atoms with van der Waals surface area (Å²) in [6.45, 7) is 10.6. The van der Waals surface area contributed by atoms with Gasteiger partial charge in [-0.25, -0.2) is 0 Å². The zero-order chi connectivity index (χ0) is 13.9. The van der Waals surface area contributed by atoms with Crippen molar-refractivity contribution in [2.45, 2.75) is 90.9 Å². The normalized spacial score (nSPS) is 38.5. The molecule has 0 heterocycles. The Kier molecular flexibility index (Phi) is 5.30. The summed E-state index contributed by atoms with van der Waals surface area (Å²) < 4.78 is 6.43. The molecule has 2 aliphatic carbocycles. The van der Waals surface area contributed by atoms with Crippen LogP contribution in [0.1, 0.15) is 72.6 Å². The van der Waals surface area contributed by atoms with Crippen molar-refractivity contribution in [2.75, 3.05) is 6.54 Å². The maximum absolute atomic E-state index is 6.43. The summed E-state index contributed by atoms with van der Waals surface area (Å²) in [5.41, 5.74) is 0.473. The standard InChI is InChI=1S/C17H33NO/c1-5-8-18-14-6-7-15(10-14)19-16-9-13(2)11-17(3,4)12-16/h13-16,18H,5-12H2,1-4H3. The molecule has 0 spiro atoms. The predicted octanol–water partition coefficient (Wildman–Crippen LogP) is 4.14. The van der Waals surface area contributed by atoms with Crippen LogP contribution in [0, 0.1) is 11.3 Å². The highest BCUT2D eigenvalue weighted by Crippen LogP contribution is 2.40. The van der Waals surface area contributed by atoms with E-state index >= 15 is 0 Å². The third-order valence-corrected chi connectivity index (χ3v) is 4.80. The van der Waals surface area contributed by atoms with Crippen molar-refractivity contribution in [3.8, 4) is 0 Å². The fraction of sp³-hybridized carbons (Fsp3) is 1.00. The number of hydrogen-bond acceptors (Lipinski definition) is 2. The highest BCUT2D eigenvalue weighted by Gasteiger charge is 2.35. The molecule has 0 aromatic rings. The smallest absolute Gasteiger partial charge is 0.0594 e. The Balaban J connectivity index is 1.75. The lowest BCUT2D eigenvalue weighted by molar-refractivity contribution is -0.0629. The monoisotopic (exact) mass is 267 g/mol.